The summed E-state index contributed by atoms with van der Waals surface area (Å²) in [4.78, 5) is 53.7. The molecule has 0 unspecified atom stereocenters. The lowest BCUT2D eigenvalue weighted by Gasteiger charge is -2.07. The first-order chi connectivity index (χ1) is 14.3. The van der Waals surface area contributed by atoms with E-state index in [1.54, 1.807) is 25.1 Å². The molecule has 0 heterocycles. The maximum atomic E-state index is 11.1. The van der Waals surface area contributed by atoms with Crippen LogP contribution >= 0.6 is 0 Å². The highest BCUT2D eigenvalue weighted by Gasteiger charge is 2.26. The first-order valence-corrected chi connectivity index (χ1v) is 9.17. The maximum Gasteiger partial charge on any atom is 0.342 e. The van der Waals surface area contributed by atoms with Crippen LogP contribution in [0.5, 0.6) is 0 Å². The Hall–Kier alpha value is -3.88. The Balaban J connectivity index is 0.000000316. The standard InChI is InChI=1S/C11H11NO5.C11H12O3/c1-6-3-4-8(11(14)15)10(12(16)17)9(6)5-7(2)13;1-7-3-4-9(11(13)14)6-10(7)5-8(2)12/h3-4H,5H2,1-2H3,(H,14,15);3-4,6H,5H2,1-2H3,(H,13,14). The fraction of sp³-hybridized carbons (Fsp3) is 0.273. The number of hydrogen-bond donors (Lipinski definition) is 2. The topological polar surface area (TPSA) is 152 Å². The molecule has 0 aromatic heterocycles. The van der Waals surface area contributed by atoms with Gasteiger partial charge in [0.2, 0.25) is 0 Å². The average Bonchev–Trinajstić information content (AvgIpc) is 2.64. The predicted molar refractivity (Wildman–Crippen MR) is 112 cm³/mol. The molecule has 0 aliphatic rings. The highest BCUT2D eigenvalue weighted by Crippen LogP contribution is 2.27. The van der Waals surface area contributed by atoms with Crippen molar-refractivity contribution in [1.29, 1.82) is 0 Å². The van der Waals surface area contributed by atoms with Crippen molar-refractivity contribution in [2.75, 3.05) is 0 Å². The zero-order chi connectivity index (χ0) is 23.9. The third-order valence-electron chi connectivity index (χ3n) is 4.39. The number of ketones is 2. The number of hydrogen-bond acceptors (Lipinski definition) is 6. The quantitative estimate of drug-likeness (QED) is 0.500. The summed E-state index contributed by atoms with van der Waals surface area (Å²) < 4.78 is 0. The van der Waals surface area contributed by atoms with Crippen LogP contribution < -0.4 is 0 Å². The first kappa shape index (κ1) is 25.2. The molecule has 2 rings (SSSR count). The Morgan fingerprint density at radius 3 is 1.87 bits per heavy atom. The van der Waals surface area contributed by atoms with E-state index in [-0.39, 0.29) is 29.1 Å². The van der Waals surface area contributed by atoms with Crippen LogP contribution in [0.1, 0.15) is 56.8 Å². The summed E-state index contributed by atoms with van der Waals surface area (Å²) in [6, 6.07) is 7.47. The second-order valence-corrected chi connectivity index (χ2v) is 7.02. The van der Waals surface area contributed by atoms with Gasteiger partial charge in [-0.3, -0.25) is 19.7 Å². The van der Waals surface area contributed by atoms with E-state index < -0.39 is 28.1 Å². The van der Waals surface area contributed by atoms with Gasteiger partial charge in [0.1, 0.15) is 17.1 Å². The summed E-state index contributed by atoms with van der Waals surface area (Å²) in [7, 11) is 0. The lowest BCUT2D eigenvalue weighted by Crippen LogP contribution is -2.09. The number of carboxylic acids is 2. The molecule has 2 aromatic rings. The molecule has 0 saturated heterocycles. The molecule has 164 valence electrons. The van der Waals surface area contributed by atoms with Crippen LogP contribution in [0.4, 0.5) is 5.69 Å². The lowest BCUT2D eigenvalue weighted by molar-refractivity contribution is -0.385. The lowest BCUT2D eigenvalue weighted by atomic mass is 9.98. The fourth-order valence-corrected chi connectivity index (χ4v) is 2.85. The van der Waals surface area contributed by atoms with Crippen LogP contribution in [0.2, 0.25) is 0 Å². The van der Waals surface area contributed by atoms with Gasteiger partial charge < -0.3 is 10.2 Å². The molecular formula is C22H23NO8. The summed E-state index contributed by atoms with van der Waals surface area (Å²) in [5.74, 6) is -2.55. The van der Waals surface area contributed by atoms with E-state index in [4.69, 9.17) is 10.2 Å². The summed E-state index contributed by atoms with van der Waals surface area (Å²) in [5.41, 5.74) is 1.79. The van der Waals surface area contributed by atoms with Crippen LogP contribution in [0.25, 0.3) is 0 Å². The number of carbonyl (C=O) groups is 4. The number of rotatable bonds is 7. The Labute approximate surface area is 178 Å². The summed E-state index contributed by atoms with van der Waals surface area (Å²) in [6.45, 7) is 6.27. The zero-order valence-electron chi connectivity index (χ0n) is 17.6. The van der Waals surface area contributed by atoms with Crippen molar-refractivity contribution in [2.24, 2.45) is 0 Å². The van der Waals surface area contributed by atoms with Gasteiger partial charge in [0, 0.05) is 18.4 Å². The van der Waals surface area contributed by atoms with E-state index in [0.717, 1.165) is 11.1 Å². The minimum atomic E-state index is -1.37. The summed E-state index contributed by atoms with van der Waals surface area (Å²) in [6.07, 6.45) is 0.163. The maximum absolute atomic E-state index is 11.1. The molecule has 0 bridgehead atoms. The fourth-order valence-electron chi connectivity index (χ4n) is 2.85. The van der Waals surface area contributed by atoms with Crippen molar-refractivity contribution in [3.8, 4) is 0 Å². The van der Waals surface area contributed by atoms with Crippen molar-refractivity contribution in [2.45, 2.75) is 40.5 Å². The molecule has 2 aromatic carbocycles. The van der Waals surface area contributed by atoms with Gasteiger partial charge in [0.05, 0.1) is 10.5 Å². The molecule has 0 aliphatic heterocycles. The number of carboxylic acid groups (broad SMARTS) is 2. The Morgan fingerprint density at radius 2 is 1.42 bits per heavy atom. The van der Waals surface area contributed by atoms with Crippen LogP contribution in [-0.4, -0.2) is 38.6 Å². The van der Waals surface area contributed by atoms with Crippen molar-refractivity contribution < 1.29 is 34.3 Å². The van der Waals surface area contributed by atoms with Gasteiger partial charge in [0.15, 0.2) is 0 Å². The highest BCUT2D eigenvalue weighted by molar-refractivity contribution is 5.94. The third kappa shape index (κ3) is 7.14. The number of nitrogens with zero attached hydrogens (tertiary/aromatic N) is 1. The van der Waals surface area contributed by atoms with Crippen LogP contribution in [-0.2, 0) is 22.4 Å². The first-order valence-electron chi connectivity index (χ1n) is 9.17. The van der Waals surface area contributed by atoms with E-state index >= 15 is 0 Å². The van der Waals surface area contributed by atoms with Crippen LogP contribution in [0.3, 0.4) is 0 Å². The van der Waals surface area contributed by atoms with Gasteiger partial charge in [-0.15, -0.1) is 0 Å². The molecule has 2 N–H and O–H groups in total. The number of Topliss-reactive ketones (excluding diaryl/α,β-unsaturated/α-hetero) is 2. The summed E-state index contributed by atoms with van der Waals surface area (Å²) in [5, 5.41) is 28.5. The summed E-state index contributed by atoms with van der Waals surface area (Å²) >= 11 is 0. The van der Waals surface area contributed by atoms with E-state index in [1.165, 1.54) is 26.0 Å². The van der Waals surface area contributed by atoms with E-state index in [1.807, 2.05) is 6.92 Å². The van der Waals surface area contributed by atoms with Crippen LogP contribution in [0.15, 0.2) is 30.3 Å². The molecule has 0 saturated carbocycles. The molecule has 0 fully saturated rings. The predicted octanol–water partition coefficient (Wildman–Crippen LogP) is 3.56. The normalized spacial score (nSPS) is 9.94. The molecule has 0 aliphatic carbocycles. The molecule has 0 atom stereocenters. The molecule has 31 heavy (non-hydrogen) atoms. The van der Waals surface area contributed by atoms with E-state index in [2.05, 4.69) is 0 Å². The Morgan fingerprint density at radius 1 is 0.871 bits per heavy atom. The van der Waals surface area contributed by atoms with Crippen molar-refractivity contribution in [1.82, 2.24) is 0 Å². The molecule has 9 heteroatoms. The number of carbonyl (C=O) groups excluding carboxylic acids is 2. The monoisotopic (exact) mass is 429 g/mol. The number of nitro groups is 1. The van der Waals surface area contributed by atoms with Gasteiger partial charge >= 0.3 is 11.9 Å². The smallest absolute Gasteiger partial charge is 0.342 e. The molecule has 0 spiro atoms. The minimum Gasteiger partial charge on any atom is -0.478 e. The van der Waals surface area contributed by atoms with Gasteiger partial charge in [-0.1, -0.05) is 12.1 Å². The Kier molecular flexibility index (Phi) is 8.74. The van der Waals surface area contributed by atoms with Crippen molar-refractivity contribution in [3.05, 3.63) is 73.8 Å². The average molecular weight is 429 g/mol. The SMILES string of the molecule is CC(=O)Cc1c(C)ccc(C(=O)O)c1[N+](=O)[O-].CC(=O)Cc1cc(C(=O)O)ccc1C. The van der Waals surface area contributed by atoms with Gasteiger partial charge in [-0.2, -0.15) is 0 Å². The second kappa shape index (κ2) is 10.8. The van der Waals surface area contributed by atoms with Crippen molar-refractivity contribution >= 4 is 29.2 Å². The number of benzene rings is 2. The zero-order valence-corrected chi connectivity index (χ0v) is 17.6. The molecule has 0 radical (unpaired) electrons. The largest absolute Gasteiger partial charge is 0.478 e. The van der Waals surface area contributed by atoms with E-state index in [9.17, 15) is 29.3 Å². The van der Waals surface area contributed by atoms with Crippen LogP contribution in [0, 0.1) is 24.0 Å². The van der Waals surface area contributed by atoms with Gasteiger partial charge in [-0.25, -0.2) is 9.59 Å². The molecule has 0 amide bonds. The van der Waals surface area contributed by atoms with Gasteiger partial charge in [-0.05, 0) is 62.6 Å². The molecule has 9 nitrogen and oxygen atoms in total. The van der Waals surface area contributed by atoms with Crippen molar-refractivity contribution in [3.63, 3.8) is 0 Å². The number of aryl methyl sites for hydroxylation is 2. The molecular weight excluding hydrogens is 406 g/mol. The van der Waals surface area contributed by atoms with E-state index in [0.29, 0.717) is 12.0 Å². The number of aromatic carboxylic acids is 2. The second-order valence-electron chi connectivity index (χ2n) is 7.02. The third-order valence-corrected chi connectivity index (χ3v) is 4.39. The Bertz CT molecular complexity index is 1060. The number of nitro benzene ring substituents is 1. The highest BCUT2D eigenvalue weighted by atomic mass is 16.6. The van der Waals surface area contributed by atoms with Gasteiger partial charge in [0.25, 0.3) is 5.69 Å². The minimum absolute atomic E-state index is 0.0376.